The lowest BCUT2D eigenvalue weighted by atomic mass is 9.62. The highest BCUT2D eigenvalue weighted by Crippen LogP contribution is 2.43. The summed E-state index contributed by atoms with van der Waals surface area (Å²) in [5, 5.41) is 13.2. The number of nitrogens with one attached hydrogen (secondary N) is 1. The second-order valence-electron chi connectivity index (χ2n) is 6.52. The smallest absolute Gasteiger partial charge is 0.0852 e. The highest BCUT2D eigenvalue weighted by atomic mass is 15.1. The van der Waals surface area contributed by atoms with Crippen LogP contribution in [0.25, 0.3) is 0 Å². The third-order valence-corrected chi connectivity index (χ3v) is 5.01. The summed E-state index contributed by atoms with van der Waals surface area (Å²) in [4.78, 5) is 2.56. The second-order valence-corrected chi connectivity index (χ2v) is 6.52. The molecule has 1 saturated carbocycles. The molecule has 1 saturated heterocycles. The fourth-order valence-corrected chi connectivity index (χ4v) is 3.69. The minimum absolute atomic E-state index is 0.242. The first kappa shape index (κ1) is 14.6. The highest BCUT2D eigenvalue weighted by molar-refractivity contribution is 5.36. The van der Waals surface area contributed by atoms with Crippen molar-refractivity contribution < 1.29 is 0 Å². The number of hydrogen-bond donors (Lipinski definition) is 1. The summed E-state index contributed by atoms with van der Waals surface area (Å²) in [6.07, 6.45) is 5.88. The van der Waals surface area contributed by atoms with E-state index < -0.39 is 0 Å². The summed E-state index contributed by atoms with van der Waals surface area (Å²) >= 11 is 0. The van der Waals surface area contributed by atoms with E-state index in [1.165, 1.54) is 44.5 Å². The average Bonchev–Trinajstić information content (AvgIpc) is 3.00. The Balaban J connectivity index is 1.39. The molecule has 3 heteroatoms. The van der Waals surface area contributed by atoms with Crippen LogP contribution in [0.1, 0.15) is 37.7 Å². The molecule has 0 unspecified atom stereocenters. The summed E-state index contributed by atoms with van der Waals surface area (Å²) in [5.74, 6) is 0. The van der Waals surface area contributed by atoms with E-state index in [0.717, 1.165) is 19.4 Å². The van der Waals surface area contributed by atoms with Gasteiger partial charge in [0.05, 0.1) is 11.5 Å². The minimum atomic E-state index is -0.242. The summed E-state index contributed by atoms with van der Waals surface area (Å²) in [6, 6.07) is 13.3. The van der Waals surface area contributed by atoms with Gasteiger partial charge in [-0.15, -0.1) is 0 Å². The van der Waals surface area contributed by atoms with Crippen LogP contribution in [0.5, 0.6) is 0 Å². The van der Waals surface area contributed by atoms with Gasteiger partial charge in [0.25, 0.3) is 0 Å². The van der Waals surface area contributed by atoms with Crippen LogP contribution >= 0.6 is 0 Å². The minimum Gasteiger partial charge on any atom is -0.314 e. The number of hydrogen-bond acceptors (Lipinski definition) is 3. The number of benzene rings is 1. The number of nitriles is 1. The van der Waals surface area contributed by atoms with Crippen LogP contribution in [-0.4, -0.2) is 37.1 Å². The Labute approximate surface area is 128 Å². The van der Waals surface area contributed by atoms with Crippen LogP contribution in [0.2, 0.25) is 0 Å². The van der Waals surface area contributed by atoms with Crippen molar-refractivity contribution in [3.63, 3.8) is 0 Å². The molecule has 21 heavy (non-hydrogen) atoms. The van der Waals surface area contributed by atoms with Gasteiger partial charge < -0.3 is 10.2 Å². The van der Waals surface area contributed by atoms with Crippen molar-refractivity contribution in [2.75, 3.05) is 26.2 Å². The van der Waals surface area contributed by atoms with Crippen LogP contribution in [0.4, 0.5) is 0 Å². The SMILES string of the molecule is N#CC1(c2ccccc2)CC(NCCCN2CCCC2)C1. The van der Waals surface area contributed by atoms with Crippen molar-refractivity contribution in [3.8, 4) is 6.07 Å². The normalized spacial score (nSPS) is 29.0. The Morgan fingerprint density at radius 3 is 2.57 bits per heavy atom. The Kier molecular flexibility index (Phi) is 4.57. The van der Waals surface area contributed by atoms with Crippen molar-refractivity contribution in [3.05, 3.63) is 35.9 Å². The summed E-state index contributed by atoms with van der Waals surface area (Å²) in [5.41, 5.74) is 0.941. The zero-order valence-corrected chi connectivity index (χ0v) is 12.7. The van der Waals surface area contributed by atoms with E-state index in [2.05, 4.69) is 28.4 Å². The lowest BCUT2D eigenvalue weighted by molar-refractivity contribution is 0.223. The lowest BCUT2D eigenvalue weighted by Gasteiger charge is -2.43. The Morgan fingerprint density at radius 1 is 1.19 bits per heavy atom. The van der Waals surface area contributed by atoms with Crippen LogP contribution in [0, 0.1) is 11.3 Å². The molecule has 1 aromatic rings. The van der Waals surface area contributed by atoms with Gasteiger partial charge in [0.1, 0.15) is 0 Å². The predicted molar refractivity (Wildman–Crippen MR) is 85.0 cm³/mol. The van der Waals surface area contributed by atoms with Crippen molar-refractivity contribution in [2.45, 2.75) is 43.6 Å². The first-order valence-electron chi connectivity index (χ1n) is 8.25. The molecule has 1 heterocycles. The van der Waals surface area contributed by atoms with Crippen LogP contribution in [0.3, 0.4) is 0 Å². The maximum absolute atomic E-state index is 9.54. The van der Waals surface area contributed by atoms with Crippen LogP contribution in [-0.2, 0) is 5.41 Å². The first-order chi connectivity index (χ1) is 10.3. The first-order valence-corrected chi connectivity index (χ1v) is 8.25. The highest BCUT2D eigenvalue weighted by Gasteiger charge is 2.45. The number of nitrogens with zero attached hydrogens (tertiary/aromatic N) is 2. The number of rotatable bonds is 6. The van der Waals surface area contributed by atoms with Crippen LogP contribution in [0.15, 0.2) is 30.3 Å². The molecule has 3 nitrogen and oxygen atoms in total. The monoisotopic (exact) mass is 283 g/mol. The molecular weight excluding hydrogens is 258 g/mol. The fourth-order valence-electron chi connectivity index (χ4n) is 3.69. The van der Waals surface area contributed by atoms with Gasteiger partial charge in [-0.3, -0.25) is 0 Å². The van der Waals surface area contributed by atoms with E-state index in [1.807, 2.05) is 18.2 Å². The van der Waals surface area contributed by atoms with Crippen molar-refractivity contribution >= 4 is 0 Å². The van der Waals surface area contributed by atoms with E-state index >= 15 is 0 Å². The van der Waals surface area contributed by atoms with Gasteiger partial charge in [-0.1, -0.05) is 30.3 Å². The van der Waals surface area contributed by atoms with E-state index in [4.69, 9.17) is 0 Å². The van der Waals surface area contributed by atoms with Gasteiger partial charge in [-0.2, -0.15) is 5.26 Å². The summed E-state index contributed by atoms with van der Waals surface area (Å²) in [7, 11) is 0. The average molecular weight is 283 g/mol. The molecule has 112 valence electrons. The van der Waals surface area contributed by atoms with E-state index in [9.17, 15) is 5.26 Å². The predicted octanol–water partition coefficient (Wildman–Crippen LogP) is 2.69. The van der Waals surface area contributed by atoms with Gasteiger partial charge in [-0.05, 0) is 63.8 Å². The van der Waals surface area contributed by atoms with Gasteiger partial charge in [0.15, 0.2) is 0 Å². The van der Waals surface area contributed by atoms with Crippen LogP contribution < -0.4 is 5.32 Å². The van der Waals surface area contributed by atoms with E-state index in [1.54, 1.807) is 0 Å². The largest absolute Gasteiger partial charge is 0.314 e. The molecule has 0 aromatic heterocycles. The Hall–Kier alpha value is -1.37. The maximum atomic E-state index is 9.54. The summed E-state index contributed by atoms with van der Waals surface area (Å²) in [6.45, 7) is 4.88. The van der Waals surface area contributed by atoms with Gasteiger partial charge in [0.2, 0.25) is 0 Å². The molecule has 1 aliphatic heterocycles. The molecule has 0 bridgehead atoms. The quantitative estimate of drug-likeness (QED) is 0.816. The Morgan fingerprint density at radius 2 is 1.90 bits per heavy atom. The molecule has 0 atom stereocenters. The number of likely N-dealkylation sites (tertiary alicyclic amines) is 1. The molecule has 1 aliphatic carbocycles. The van der Waals surface area contributed by atoms with Crippen molar-refractivity contribution in [1.82, 2.24) is 10.2 Å². The third kappa shape index (κ3) is 3.28. The van der Waals surface area contributed by atoms with Crippen molar-refractivity contribution in [1.29, 1.82) is 5.26 Å². The molecule has 1 N–H and O–H groups in total. The zero-order valence-electron chi connectivity index (χ0n) is 12.7. The lowest BCUT2D eigenvalue weighted by Crippen LogP contribution is -2.51. The molecule has 3 rings (SSSR count). The molecule has 0 radical (unpaired) electrons. The van der Waals surface area contributed by atoms with Gasteiger partial charge >= 0.3 is 0 Å². The van der Waals surface area contributed by atoms with E-state index in [-0.39, 0.29) is 5.41 Å². The Bertz CT molecular complexity index is 479. The van der Waals surface area contributed by atoms with E-state index in [0.29, 0.717) is 6.04 Å². The molecule has 0 amide bonds. The molecule has 1 aromatic carbocycles. The van der Waals surface area contributed by atoms with Gasteiger partial charge in [0, 0.05) is 6.04 Å². The topological polar surface area (TPSA) is 39.1 Å². The van der Waals surface area contributed by atoms with Crippen molar-refractivity contribution in [2.24, 2.45) is 0 Å². The molecule has 2 fully saturated rings. The molecule has 2 aliphatic rings. The molecular formula is C18H25N3. The zero-order chi connectivity index (χ0) is 14.5. The standard InChI is InChI=1S/C18H25N3/c19-15-18(16-7-2-1-3-8-16)13-17(14-18)20-9-6-12-21-10-4-5-11-21/h1-3,7-8,17,20H,4-6,9-14H2. The second kappa shape index (κ2) is 6.60. The fraction of sp³-hybridized carbons (Fsp3) is 0.611. The summed E-state index contributed by atoms with van der Waals surface area (Å²) < 4.78 is 0. The van der Waals surface area contributed by atoms with Gasteiger partial charge in [-0.25, -0.2) is 0 Å². The molecule has 0 spiro atoms. The maximum Gasteiger partial charge on any atom is 0.0852 e. The third-order valence-electron chi connectivity index (χ3n) is 5.01.